The predicted molar refractivity (Wildman–Crippen MR) is 91.6 cm³/mol. The number of esters is 2. The molecule has 2 N–H and O–H groups in total. The number of aliphatic hydroxyl groups is 1. The number of carbonyl (C=O) groups excluding carboxylic acids is 2. The number of hydrogen-bond donors (Lipinski definition) is 2. The van der Waals surface area contributed by atoms with Crippen LogP contribution in [0.25, 0.3) is 0 Å². The summed E-state index contributed by atoms with van der Waals surface area (Å²) in [7, 11) is 0. The van der Waals surface area contributed by atoms with E-state index in [1.807, 2.05) is 0 Å². The Kier molecular flexibility index (Phi) is 7.02. The minimum atomic E-state index is -0.843. The lowest BCUT2D eigenvalue weighted by Gasteiger charge is -2.17. The van der Waals surface area contributed by atoms with E-state index in [1.165, 1.54) is 26.3 Å². The van der Waals surface area contributed by atoms with Gasteiger partial charge in [-0.2, -0.15) is 0 Å². The number of carbonyl (C=O) groups is 2. The van der Waals surface area contributed by atoms with E-state index < -0.39 is 41.6 Å². The van der Waals surface area contributed by atoms with Crippen molar-refractivity contribution in [2.24, 2.45) is 4.99 Å². The van der Waals surface area contributed by atoms with Crippen LogP contribution in [0.3, 0.4) is 0 Å². The third-order valence-corrected chi connectivity index (χ3v) is 3.71. The largest absolute Gasteiger partial charge is 0.463 e. The maximum Gasteiger partial charge on any atom is 0.330 e. The molecular formula is C16H21N3O8. The van der Waals surface area contributed by atoms with E-state index in [4.69, 9.17) is 19.3 Å². The van der Waals surface area contributed by atoms with Crippen molar-refractivity contribution in [3.05, 3.63) is 32.6 Å². The minimum absolute atomic E-state index is 0.0964. The average molecular weight is 383 g/mol. The SMILES string of the molecule is CC(=O)OC[C@H]1O[C@@H](n2cc(C=NCCO)c(=O)[nH]c2=O)C[C@@H]1OC(C)=O. The third-order valence-electron chi connectivity index (χ3n) is 3.71. The normalized spacial score (nSPS) is 22.1. The van der Waals surface area contributed by atoms with Gasteiger partial charge in [0.25, 0.3) is 5.56 Å². The zero-order chi connectivity index (χ0) is 20.0. The van der Waals surface area contributed by atoms with Gasteiger partial charge >= 0.3 is 17.6 Å². The van der Waals surface area contributed by atoms with Gasteiger partial charge in [-0.05, 0) is 0 Å². The van der Waals surface area contributed by atoms with Crippen molar-refractivity contribution in [2.75, 3.05) is 19.8 Å². The molecular weight excluding hydrogens is 362 g/mol. The van der Waals surface area contributed by atoms with Crippen LogP contribution >= 0.6 is 0 Å². The summed E-state index contributed by atoms with van der Waals surface area (Å²) in [6.45, 7) is 2.25. The Hall–Kier alpha value is -2.79. The standard InChI is InChI=1S/C16H21N3O8/c1-9(21)25-8-13-12(26-10(2)22)5-14(27-13)19-7-11(6-17-3-4-20)15(23)18-16(19)24/h6-7,12-14,20H,3-5,8H2,1-2H3,(H,18,23,24)/t12-,13+,14+/m0/s1. The van der Waals surface area contributed by atoms with Gasteiger partial charge in [0.2, 0.25) is 0 Å². The van der Waals surface area contributed by atoms with Crippen LogP contribution in [0.4, 0.5) is 0 Å². The highest BCUT2D eigenvalue weighted by molar-refractivity contribution is 5.78. The van der Waals surface area contributed by atoms with Gasteiger partial charge in [-0.3, -0.25) is 28.9 Å². The van der Waals surface area contributed by atoms with Crippen molar-refractivity contribution >= 4 is 18.2 Å². The van der Waals surface area contributed by atoms with Crippen molar-refractivity contribution in [3.8, 4) is 0 Å². The molecule has 27 heavy (non-hydrogen) atoms. The number of aliphatic hydroxyl groups excluding tert-OH is 1. The Labute approximate surface area is 153 Å². The fraction of sp³-hybridized carbons (Fsp3) is 0.562. The second-order valence-corrected chi connectivity index (χ2v) is 5.83. The van der Waals surface area contributed by atoms with Crippen LogP contribution in [0.15, 0.2) is 20.8 Å². The molecule has 1 aliphatic heterocycles. The van der Waals surface area contributed by atoms with Gasteiger partial charge in [-0.15, -0.1) is 0 Å². The van der Waals surface area contributed by atoms with Crippen LogP contribution in [-0.2, 0) is 23.8 Å². The number of nitrogens with one attached hydrogen (secondary N) is 1. The average Bonchev–Trinajstić information content (AvgIpc) is 2.96. The molecule has 2 rings (SSSR count). The third kappa shape index (κ3) is 5.59. The molecule has 0 aromatic carbocycles. The summed E-state index contributed by atoms with van der Waals surface area (Å²) in [6.07, 6.45) is 0.311. The molecule has 1 aromatic rings. The molecule has 1 saturated heterocycles. The number of aromatic amines is 1. The van der Waals surface area contributed by atoms with Gasteiger partial charge in [0.15, 0.2) is 0 Å². The zero-order valence-corrected chi connectivity index (χ0v) is 14.9. The van der Waals surface area contributed by atoms with Gasteiger partial charge < -0.3 is 19.3 Å². The number of hydrogen-bond acceptors (Lipinski definition) is 9. The molecule has 0 spiro atoms. The lowest BCUT2D eigenvalue weighted by Crippen LogP contribution is -2.34. The smallest absolute Gasteiger partial charge is 0.330 e. The number of aliphatic imine (C=N–C) groups is 1. The summed E-state index contributed by atoms with van der Waals surface area (Å²) in [4.78, 5) is 52.4. The summed E-state index contributed by atoms with van der Waals surface area (Å²) in [5.41, 5.74) is -1.25. The zero-order valence-electron chi connectivity index (χ0n) is 14.9. The Morgan fingerprint density at radius 2 is 2.15 bits per heavy atom. The van der Waals surface area contributed by atoms with E-state index in [1.54, 1.807) is 0 Å². The monoisotopic (exact) mass is 383 g/mol. The molecule has 11 heteroatoms. The number of aromatic nitrogens is 2. The number of rotatable bonds is 7. The van der Waals surface area contributed by atoms with E-state index in [9.17, 15) is 19.2 Å². The van der Waals surface area contributed by atoms with Gasteiger partial charge in [-0.1, -0.05) is 0 Å². The van der Waals surface area contributed by atoms with Gasteiger partial charge in [-0.25, -0.2) is 4.79 Å². The molecule has 2 heterocycles. The van der Waals surface area contributed by atoms with E-state index in [-0.39, 0.29) is 31.7 Å². The predicted octanol–water partition coefficient (Wildman–Crippen LogP) is -1.27. The second kappa shape index (κ2) is 9.24. The maximum atomic E-state index is 12.2. The summed E-state index contributed by atoms with van der Waals surface area (Å²) in [5, 5.41) is 8.75. The van der Waals surface area contributed by atoms with Crippen molar-refractivity contribution < 1.29 is 28.9 Å². The Bertz CT molecular complexity index is 828. The Morgan fingerprint density at radius 1 is 1.41 bits per heavy atom. The molecule has 3 atom stereocenters. The van der Waals surface area contributed by atoms with Gasteiger partial charge in [0, 0.05) is 32.7 Å². The first-order valence-electron chi connectivity index (χ1n) is 8.24. The molecule has 0 bridgehead atoms. The first kappa shape index (κ1) is 20.5. The quantitative estimate of drug-likeness (QED) is 0.437. The summed E-state index contributed by atoms with van der Waals surface area (Å²) in [5.74, 6) is -1.06. The van der Waals surface area contributed by atoms with Crippen LogP contribution in [0.5, 0.6) is 0 Å². The topological polar surface area (TPSA) is 149 Å². The minimum Gasteiger partial charge on any atom is -0.463 e. The van der Waals surface area contributed by atoms with Gasteiger partial charge in [0.1, 0.15) is 25.0 Å². The number of H-pyrrole nitrogens is 1. The molecule has 0 radical (unpaired) electrons. The molecule has 1 fully saturated rings. The fourth-order valence-corrected chi connectivity index (χ4v) is 2.59. The van der Waals surface area contributed by atoms with Crippen molar-refractivity contribution in [2.45, 2.75) is 38.7 Å². The molecule has 11 nitrogen and oxygen atoms in total. The van der Waals surface area contributed by atoms with Crippen LogP contribution in [-0.4, -0.2) is 64.8 Å². The molecule has 1 aliphatic rings. The number of ether oxygens (including phenoxy) is 3. The van der Waals surface area contributed by atoms with Crippen LogP contribution in [0.2, 0.25) is 0 Å². The van der Waals surface area contributed by atoms with Crippen molar-refractivity contribution in [1.82, 2.24) is 9.55 Å². The highest BCUT2D eigenvalue weighted by Gasteiger charge is 2.39. The first-order chi connectivity index (χ1) is 12.8. The van der Waals surface area contributed by atoms with Crippen LogP contribution in [0.1, 0.15) is 32.1 Å². The van der Waals surface area contributed by atoms with E-state index in [2.05, 4.69) is 9.98 Å². The maximum absolute atomic E-state index is 12.2. The molecule has 0 amide bonds. The van der Waals surface area contributed by atoms with E-state index in [0.717, 1.165) is 4.57 Å². The van der Waals surface area contributed by atoms with Crippen molar-refractivity contribution in [1.29, 1.82) is 0 Å². The molecule has 148 valence electrons. The Morgan fingerprint density at radius 3 is 2.78 bits per heavy atom. The summed E-state index contributed by atoms with van der Waals surface area (Å²) >= 11 is 0. The first-order valence-corrected chi connectivity index (χ1v) is 8.24. The Balaban J connectivity index is 2.27. The fourth-order valence-electron chi connectivity index (χ4n) is 2.59. The van der Waals surface area contributed by atoms with Gasteiger partial charge in [0.05, 0.1) is 18.7 Å². The molecule has 0 unspecified atom stereocenters. The molecule has 1 aromatic heterocycles. The lowest BCUT2D eigenvalue weighted by molar-refractivity contribution is -0.155. The number of nitrogens with zero attached hydrogens (tertiary/aromatic N) is 2. The lowest BCUT2D eigenvalue weighted by atomic mass is 10.2. The van der Waals surface area contributed by atoms with Crippen LogP contribution < -0.4 is 11.2 Å². The van der Waals surface area contributed by atoms with E-state index >= 15 is 0 Å². The summed E-state index contributed by atoms with van der Waals surface area (Å²) < 4.78 is 17.0. The van der Waals surface area contributed by atoms with E-state index in [0.29, 0.717) is 0 Å². The highest BCUT2D eigenvalue weighted by Crippen LogP contribution is 2.30. The highest BCUT2D eigenvalue weighted by atomic mass is 16.6. The summed E-state index contributed by atoms with van der Waals surface area (Å²) in [6, 6.07) is 0. The molecule has 0 saturated carbocycles. The molecule has 0 aliphatic carbocycles. The second-order valence-electron chi connectivity index (χ2n) is 5.83. The van der Waals surface area contributed by atoms with Crippen molar-refractivity contribution in [3.63, 3.8) is 0 Å². The van der Waals surface area contributed by atoms with Crippen LogP contribution in [0, 0.1) is 0 Å².